The van der Waals surface area contributed by atoms with Crippen LogP contribution in [0.25, 0.3) is 0 Å². The zero-order valence-electron chi connectivity index (χ0n) is 16.4. The summed E-state index contributed by atoms with van der Waals surface area (Å²) in [5, 5.41) is 14.1. The molecule has 1 atom stereocenters. The zero-order valence-corrected chi connectivity index (χ0v) is 16.4. The maximum Gasteiger partial charge on any atom is 0.273 e. The molecule has 6 nitrogen and oxygen atoms in total. The number of rotatable bonds is 7. The van der Waals surface area contributed by atoms with Crippen LogP contribution in [0.2, 0.25) is 0 Å². The first-order valence-electron chi connectivity index (χ1n) is 8.94. The second-order valence-corrected chi connectivity index (χ2v) is 6.96. The smallest absolute Gasteiger partial charge is 0.273 e. The summed E-state index contributed by atoms with van der Waals surface area (Å²) in [7, 11) is 1.65. The maximum absolute atomic E-state index is 12.5. The molecular formula is C21H26N2O4. The van der Waals surface area contributed by atoms with Crippen LogP contribution in [-0.4, -0.2) is 17.9 Å². The molecule has 0 aliphatic carbocycles. The highest BCUT2D eigenvalue weighted by Gasteiger charge is 2.19. The molecule has 1 amide bonds. The molecule has 0 heterocycles. The van der Waals surface area contributed by atoms with Crippen molar-refractivity contribution in [2.24, 2.45) is 0 Å². The summed E-state index contributed by atoms with van der Waals surface area (Å²) in [6, 6.07) is 10.1. The fraction of sp³-hybridized carbons (Fsp3) is 0.381. The van der Waals surface area contributed by atoms with Crippen LogP contribution in [0.5, 0.6) is 5.75 Å². The van der Waals surface area contributed by atoms with Crippen molar-refractivity contribution in [2.75, 3.05) is 7.11 Å². The van der Waals surface area contributed by atoms with E-state index in [1.54, 1.807) is 25.3 Å². The highest BCUT2D eigenvalue weighted by atomic mass is 16.6. The van der Waals surface area contributed by atoms with Crippen LogP contribution in [0.3, 0.4) is 0 Å². The van der Waals surface area contributed by atoms with Gasteiger partial charge >= 0.3 is 0 Å². The largest absolute Gasteiger partial charge is 0.496 e. The minimum atomic E-state index is -0.464. The Labute approximate surface area is 159 Å². The van der Waals surface area contributed by atoms with Gasteiger partial charge in [-0.15, -0.1) is 0 Å². The van der Waals surface area contributed by atoms with Crippen molar-refractivity contribution in [3.63, 3.8) is 0 Å². The van der Waals surface area contributed by atoms with E-state index in [2.05, 4.69) is 25.2 Å². The SMILES string of the molecule is COc1cc(C)c([C@H](C)NC(=O)Cc2ccccc2[N+](=O)[O-])cc1C(C)C. The number of para-hydroxylation sites is 1. The number of hydrogen-bond donors (Lipinski definition) is 1. The molecule has 2 aromatic carbocycles. The average molecular weight is 370 g/mol. The van der Waals surface area contributed by atoms with Gasteiger partial charge in [0.25, 0.3) is 5.69 Å². The summed E-state index contributed by atoms with van der Waals surface area (Å²) < 4.78 is 5.47. The topological polar surface area (TPSA) is 81.5 Å². The number of benzene rings is 2. The summed E-state index contributed by atoms with van der Waals surface area (Å²) in [6.07, 6.45) is -0.0340. The van der Waals surface area contributed by atoms with Crippen LogP contribution in [0.4, 0.5) is 5.69 Å². The Balaban J connectivity index is 2.20. The van der Waals surface area contributed by atoms with Gasteiger partial charge in [0.2, 0.25) is 5.91 Å². The Hall–Kier alpha value is -2.89. The molecule has 0 spiro atoms. The number of nitro groups is 1. The first-order valence-corrected chi connectivity index (χ1v) is 8.94. The summed E-state index contributed by atoms with van der Waals surface area (Å²) in [5.41, 5.74) is 3.48. The van der Waals surface area contributed by atoms with E-state index >= 15 is 0 Å². The third kappa shape index (κ3) is 4.84. The van der Waals surface area contributed by atoms with Crippen molar-refractivity contribution in [3.8, 4) is 5.75 Å². The van der Waals surface area contributed by atoms with E-state index < -0.39 is 4.92 Å². The molecule has 2 rings (SSSR count). The number of carbonyl (C=O) groups is 1. The lowest BCUT2D eigenvalue weighted by atomic mass is 9.93. The van der Waals surface area contributed by atoms with Crippen molar-refractivity contribution in [1.82, 2.24) is 5.32 Å². The van der Waals surface area contributed by atoms with Gasteiger partial charge in [0.15, 0.2) is 0 Å². The van der Waals surface area contributed by atoms with Crippen molar-refractivity contribution in [2.45, 2.75) is 46.1 Å². The Morgan fingerprint density at radius 3 is 2.44 bits per heavy atom. The minimum absolute atomic E-state index is 0.0340. The maximum atomic E-state index is 12.5. The molecule has 27 heavy (non-hydrogen) atoms. The molecule has 0 unspecified atom stereocenters. The van der Waals surface area contributed by atoms with Gasteiger partial charge in [-0.05, 0) is 48.6 Å². The van der Waals surface area contributed by atoms with E-state index in [0.717, 1.165) is 22.4 Å². The fourth-order valence-electron chi connectivity index (χ4n) is 3.19. The number of nitro benzene ring substituents is 1. The molecule has 1 N–H and O–H groups in total. The monoisotopic (exact) mass is 370 g/mol. The van der Waals surface area contributed by atoms with Crippen LogP contribution >= 0.6 is 0 Å². The van der Waals surface area contributed by atoms with E-state index in [9.17, 15) is 14.9 Å². The average Bonchev–Trinajstić information content (AvgIpc) is 2.61. The van der Waals surface area contributed by atoms with Gasteiger partial charge in [0.05, 0.1) is 24.5 Å². The van der Waals surface area contributed by atoms with Gasteiger partial charge in [-0.1, -0.05) is 32.0 Å². The molecule has 0 aromatic heterocycles. The predicted molar refractivity (Wildman–Crippen MR) is 105 cm³/mol. The molecule has 0 bridgehead atoms. The second-order valence-electron chi connectivity index (χ2n) is 6.96. The van der Waals surface area contributed by atoms with Crippen LogP contribution in [0, 0.1) is 17.0 Å². The van der Waals surface area contributed by atoms with Crippen molar-refractivity contribution in [3.05, 3.63) is 68.8 Å². The van der Waals surface area contributed by atoms with Gasteiger partial charge in [-0.2, -0.15) is 0 Å². The Morgan fingerprint density at radius 2 is 1.85 bits per heavy atom. The molecule has 0 aliphatic heterocycles. The summed E-state index contributed by atoms with van der Waals surface area (Å²) in [4.78, 5) is 23.1. The van der Waals surface area contributed by atoms with Gasteiger partial charge in [0, 0.05) is 11.6 Å². The number of carbonyl (C=O) groups excluding carboxylic acids is 1. The molecule has 6 heteroatoms. The number of nitrogens with one attached hydrogen (secondary N) is 1. The standard InChI is InChI=1S/C21H26N2O4/c1-13(2)17-12-18(14(3)10-20(17)27-5)15(4)22-21(24)11-16-8-6-7-9-19(16)23(25)26/h6-10,12-13,15H,11H2,1-5H3,(H,22,24)/t15-/m0/s1. The predicted octanol–water partition coefficient (Wildman–Crippen LogP) is 4.46. The fourth-order valence-corrected chi connectivity index (χ4v) is 3.19. The molecule has 0 fully saturated rings. The minimum Gasteiger partial charge on any atom is -0.496 e. The molecule has 0 radical (unpaired) electrons. The quantitative estimate of drug-likeness (QED) is 0.576. The van der Waals surface area contributed by atoms with Crippen LogP contribution in [-0.2, 0) is 11.2 Å². The van der Waals surface area contributed by atoms with E-state index in [1.807, 2.05) is 19.9 Å². The number of aryl methyl sites for hydroxylation is 1. The molecule has 0 saturated carbocycles. The van der Waals surface area contributed by atoms with Crippen LogP contribution < -0.4 is 10.1 Å². The lowest BCUT2D eigenvalue weighted by molar-refractivity contribution is -0.385. The van der Waals surface area contributed by atoms with Crippen molar-refractivity contribution < 1.29 is 14.5 Å². The third-order valence-corrected chi connectivity index (χ3v) is 4.62. The van der Waals surface area contributed by atoms with Gasteiger partial charge in [0.1, 0.15) is 5.75 Å². The summed E-state index contributed by atoms with van der Waals surface area (Å²) >= 11 is 0. The van der Waals surface area contributed by atoms with Gasteiger partial charge in [-0.25, -0.2) is 0 Å². The highest BCUT2D eigenvalue weighted by Crippen LogP contribution is 2.32. The van der Waals surface area contributed by atoms with Gasteiger partial charge < -0.3 is 10.1 Å². The normalized spacial score (nSPS) is 11.9. The number of hydrogen-bond acceptors (Lipinski definition) is 4. The molecule has 2 aromatic rings. The van der Waals surface area contributed by atoms with Crippen molar-refractivity contribution >= 4 is 11.6 Å². The lowest BCUT2D eigenvalue weighted by Crippen LogP contribution is -2.29. The third-order valence-electron chi connectivity index (χ3n) is 4.62. The lowest BCUT2D eigenvalue weighted by Gasteiger charge is -2.21. The molecule has 144 valence electrons. The zero-order chi connectivity index (χ0) is 20.1. The summed E-state index contributed by atoms with van der Waals surface area (Å²) in [6.45, 7) is 8.08. The number of amides is 1. The number of nitrogens with zero attached hydrogens (tertiary/aromatic N) is 1. The first-order chi connectivity index (χ1) is 12.7. The molecule has 0 aliphatic rings. The van der Waals surface area contributed by atoms with E-state index in [-0.39, 0.29) is 30.0 Å². The van der Waals surface area contributed by atoms with E-state index in [1.165, 1.54) is 6.07 Å². The van der Waals surface area contributed by atoms with Crippen LogP contribution in [0.15, 0.2) is 36.4 Å². The van der Waals surface area contributed by atoms with E-state index in [0.29, 0.717) is 5.56 Å². The van der Waals surface area contributed by atoms with Crippen LogP contribution in [0.1, 0.15) is 55.0 Å². The van der Waals surface area contributed by atoms with Gasteiger partial charge in [-0.3, -0.25) is 14.9 Å². The van der Waals surface area contributed by atoms with Crippen molar-refractivity contribution in [1.29, 1.82) is 0 Å². The number of ether oxygens (including phenoxy) is 1. The number of methoxy groups -OCH3 is 1. The first kappa shape index (κ1) is 20.4. The van der Waals surface area contributed by atoms with E-state index in [4.69, 9.17) is 4.74 Å². The second kappa shape index (κ2) is 8.66. The highest BCUT2D eigenvalue weighted by molar-refractivity contribution is 5.80. The summed E-state index contributed by atoms with van der Waals surface area (Å²) in [5.74, 6) is 0.872. The molecular weight excluding hydrogens is 344 g/mol. The Kier molecular flexibility index (Phi) is 6.55. The molecule has 0 saturated heterocycles. The Morgan fingerprint density at radius 1 is 1.19 bits per heavy atom. The Bertz CT molecular complexity index is 846.